The number of Topliss-reactive ketones (excluding diaryl/α,β-unsaturated/α-hetero) is 2. The zero-order valence-electron chi connectivity index (χ0n) is 9.06. The van der Waals surface area contributed by atoms with Gasteiger partial charge in [-0.2, -0.15) is 0 Å². The fourth-order valence-corrected chi connectivity index (χ4v) is 1.70. The minimum Gasteiger partial charge on any atom is -0.491 e. The summed E-state index contributed by atoms with van der Waals surface area (Å²) < 4.78 is 5.41. The number of benzene rings is 1. The van der Waals surface area contributed by atoms with Crippen molar-refractivity contribution >= 4 is 11.6 Å². The molecule has 1 aliphatic carbocycles. The van der Waals surface area contributed by atoms with E-state index >= 15 is 0 Å². The maximum Gasteiger partial charge on any atom is 0.200 e. The molecule has 4 nitrogen and oxygen atoms in total. The normalized spacial score (nSPS) is 19.1. The zero-order chi connectivity index (χ0) is 11.9. The molecule has 0 heterocycles. The zero-order valence-corrected chi connectivity index (χ0v) is 9.06. The van der Waals surface area contributed by atoms with Crippen molar-refractivity contribution in [2.75, 3.05) is 0 Å². The molecule has 4 heteroatoms. The van der Waals surface area contributed by atoms with Gasteiger partial charge in [0, 0.05) is 11.1 Å². The number of hydrogen-bond acceptors (Lipinski definition) is 4. The lowest BCUT2D eigenvalue weighted by Gasteiger charge is -2.09. The molecule has 0 aromatic heterocycles. The number of ether oxygens (including phenoxy) is 1. The number of carbonyl (C=O) groups excluding carboxylic acids is 2. The van der Waals surface area contributed by atoms with Gasteiger partial charge in [-0.05, 0) is 32.0 Å². The van der Waals surface area contributed by atoms with Crippen LogP contribution in [-0.2, 0) is 0 Å². The molecule has 0 bridgehead atoms. The third-order valence-corrected chi connectivity index (χ3v) is 2.39. The lowest BCUT2D eigenvalue weighted by molar-refractivity contribution is 0.0663. The fraction of sp³-hybridized carbons (Fsp3) is 0.333. The molecule has 0 aliphatic heterocycles. The van der Waals surface area contributed by atoms with Crippen LogP contribution in [0, 0.1) is 0 Å². The van der Waals surface area contributed by atoms with E-state index in [0.717, 1.165) is 0 Å². The lowest BCUT2D eigenvalue weighted by Crippen LogP contribution is -2.20. The van der Waals surface area contributed by atoms with Gasteiger partial charge in [0.25, 0.3) is 0 Å². The average molecular weight is 220 g/mol. The Bertz CT molecular complexity index is 462. The molecule has 1 atom stereocenters. The average Bonchev–Trinajstić information content (AvgIpc) is 2.43. The van der Waals surface area contributed by atoms with Gasteiger partial charge in [0.1, 0.15) is 5.75 Å². The number of ketones is 2. The van der Waals surface area contributed by atoms with Crippen LogP contribution in [-0.4, -0.2) is 28.9 Å². The second kappa shape index (κ2) is 3.72. The minimum absolute atomic E-state index is 0.00446. The molecule has 0 saturated heterocycles. The quantitative estimate of drug-likeness (QED) is 0.761. The Morgan fingerprint density at radius 1 is 1.19 bits per heavy atom. The molecule has 0 spiro atoms. The van der Waals surface area contributed by atoms with Gasteiger partial charge in [0.15, 0.2) is 17.7 Å². The summed E-state index contributed by atoms with van der Waals surface area (Å²) in [5, 5.41) is 9.32. The van der Waals surface area contributed by atoms with Crippen molar-refractivity contribution in [2.45, 2.75) is 26.1 Å². The largest absolute Gasteiger partial charge is 0.491 e. The summed E-state index contributed by atoms with van der Waals surface area (Å²) in [7, 11) is 0. The second-order valence-corrected chi connectivity index (χ2v) is 4.01. The Kier molecular flexibility index (Phi) is 2.52. The highest BCUT2D eigenvalue weighted by Gasteiger charge is 2.37. The summed E-state index contributed by atoms with van der Waals surface area (Å²) in [4.78, 5) is 22.9. The van der Waals surface area contributed by atoms with Crippen molar-refractivity contribution in [1.82, 2.24) is 0 Å². The van der Waals surface area contributed by atoms with E-state index in [4.69, 9.17) is 4.74 Å². The van der Waals surface area contributed by atoms with Crippen LogP contribution in [0.3, 0.4) is 0 Å². The molecule has 1 N–H and O–H groups in total. The van der Waals surface area contributed by atoms with Gasteiger partial charge in [-0.1, -0.05) is 0 Å². The maximum atomic E-state index is 11.5. The Hall–Kier alpha value is -1.68. The lowest BCUT2D eigenvalue weighted by atomic mass is 10.1. The summed E-state index contributed by atoms with van der Waals surface area (Å²) in [5.74, 6) is -0.547. The van der Waals surface area contributed by atoms with Crippen LogP contribution in [0.15, 0.2) is 18.2 Å². The molecule has 0 saturated carbocycles. The molecule has 1 aromatic carbocycles. The van der Waals surface area contributed by atoms with E-state index in [1.807, 2.05) is 13.8 Å². The number of fused-ring (bicyclic) bond motifs is 1. The summed E-state index contributed by atoms with van der Waals surface area (Å²) in [5.41, 5.74) is 0.518. The van der Waals surface area contributed by atoms with Crippen molar-refractivity contribution in [3.63, 3.8) is 0 Å². The van der Waals surface area contributed by atoms with Crippen LogP contribution in [0.25, 0.3) is 0 Å². The van der Waals surface area contributed by atoms with Crippen LogP contribution in [0.2, 0.25) is 0 Å². The molecule has 0 fully saturated rings. The molecule has 84 valence electrons. The third kappa shape index (κ3) is 1.61. The van der Waals surface area contributed by atoms with Crippen molar-refractivity contribution in [2.24, 2.45) is 0 Å². The van der Waals surface area contributed by atoms with E-state index in [0.29, 0.717) is 5.75 Å². The van der Waals surface area contributed by atoms with E-state index in [1.165, 1.54) is 12.1 Å². The molecule has 1 unspecified atom stereocenters. The van der Waals surface area contributed by atoms with Gasteiger partial charge in [-0.25, -0.2) is 0 Å². The summed E-state index contributed by atoms with van der Waals surface area (Å²) >= 11 is 0. The predicted molar refractivity (Wildman–Crippen MR) is 56.9 cm³/mol. The first-order valence-electron chi connectivity index (χ1n) is 5.08. The van der Waals surface area contributed by atoms with Crippen LogP contribution in [0.5, 0.6) is 5.75 Å². The molecule has 16 heavy (non-hydrogen) atoms. The number of hydrogen-bond donors (Lipinski definition) is 1. The van der Waals surface area contributed by atoms with E-state index in [2.05, 4.69) is 0 Å². The highest BCUT2D eigenvalue weighted by Crippen LogP contribution is 2.26. The third-order valence-electron chi connectivity index (χ3n) is 2.39. The number of carbonyl (C=O) groups is 2. The first-order valence-corrected chi connectivity index (χ1v) is 5.08. The molecule has 0 amide bonds. The van der Waals surface area contributed by atoms with Crippen LogP contribution >= 0.6 is 0 Å². The Morgan fingerprint density at radius 2 is 1.81 bits per heavy atom. The van der Waals surface area contributed by atoms with E-state index in [9.17, 15) is 14.7 Å². The van der Waals surface area contributed by atoms with Gasteiger partial charge in [-0.15, -0.1) is 0 Å². The van der Waals surface area contributed by atoms with Crippen molar-refractivity contribution < 1.29 is 19.4 Å². The van der Waals surface area contributed by atoms with E-state index in [1.54, 1.807) is 6.07 Å². The number of aliphatic hydroxyl groups is 1. The number of rotatable bonds is 2. The Balaban J connectivity index is 2.41. The fourth-order valence-electron chi connectivity index (χ4n) is 1.70. The Labute approximate surface area is 92.8 Å². The Morgan fingerprint density at radius 3 is 2.44 bits per heavy atom. The summed E-state index contributed by atoms with van der Waals surface area (Å²) in [6.45, 7) is 3.74. The van der Waals surface area contributed by atoms with Gasteiger partial charge in [-0.3, -0.25) is 9.59 Å². The monoisotopic (exact) mass is 220 g/mol. The molecule has 1 aliphatic rings. The number of aliphatic hydroxyl groups excluding tert-OH is 1. The predicted octanol–water partition coefficient (Wildman–Crippen LogP) is 1.21. The topological polar surface area (TPSA) is 63.6 Å². The molecule has 2 rings (SSSR count). The maximum absolute atomic E-state index is 11.5. The standard InChI is InChI=1S/C12H12O4/c1-6(2)16-7-3-4-8-9(5-7)11(14)12(15)10(8)13/h3-6,12,15H,1-2H3. The van der Waals surface area contributed by atoms with Crippen LogP contribution in [0.1, 0.15) is 34.6 Å². The highest BCUT2D eigenvalue weighted by molar-refractivity contribution is 6.28. The second-order valence-electron chi connectivity index (χ2n) is 4.01. The van der Waals surface area contributed by atoms with Gasteiger partial charge < -0.3 is 9.84 Å². The van der Waals surface area contributed by atoms with Crippen molar-refractivity contribution in [3.8, 4) is 5.75 Å². The van der Waals surface area contributed by atoms with E-state index < -0.39 is 17.7 Å². The summed E-state index contributed by atoms with van der Waals surface area (Å²) in [6, 6.07) is 4.65. The molecular weight excluding hydrogens is 208 g/mol. The molecule has 0 radical (unpaired) electrons. The molecule has 1 aromatic rings. The van der Waals surface area contributed by atoms with Gasteiger partial charge in [0.2, 0.25) is 0 Å². The van der Waals surface area contributed by atoms with Crippen LogP contribution in [0.4, 0.5) is 0 Å². The first kappa shape index (κ1) is 10.8. The van der Waals surface area contributed by atoms with Crippen molar-refractivity contribution in [1.29, 1.82) is 0 Å². The smallest absolute Gasteiger partial charge is 0.200 e. The highest BCUT2D eigenvalue weighted by atomic mass is 16.5. The van der Waals surface area contributed by atoms with Gasteiger partial charge in [0.05, 0.1) is 6.10 Å². The first-order chi connectivity index (χ1) is 7.50. The van der Waals surface area contributed by atoms with Crippen molar-refractivity contribution in [3.05, 3.63) is 29.3 Å². The van der Waals surface area contributed by atoms with Gasteiger partial charge >= 0.3 is 0 Å². The molecular formula is C12H12O4. The van der Waals surface area contributed by atoms with Crippen LogP contribution < -0.4 is 4.74 Å². The summed E-state index contributed by atoms with van der Waals surface area (Å²) in [6.07, 6.45) is -1.54. The van der Waals surface area contributed by atoms with E-state index in [-0.39, 0.29) is 17.2 Å². The minimum atomic E-state index is -1.54. The SMILES string of the molecule is CC(C)Oc1ccc2c(c1)C(=O)C(O)C2=O.